The van der Waals surface area contributed by atoms with Crippen molar-refractivity contribution in [2.75, 3.05) is 6.54 Å². The third kappa shape index (κ3) is 3.90. The lowest BCUT2D eigenvalue weighted by Crippen LogP contribution is -2.27. The van der Waals surface area contributed by atoms with E-state index in [1.165, 1.54) is 5.56 Å². The van der Waals surface area contributed by atoms with Crippen molar-refractivity contribution in [2.45, 2.75) is 19.4 Å². The standard InChI is InChI=1S/C12H17N/c1-3-9-13-11(2)10-12-7-5-4-6-8-12/h3-8,11,13H,1,9-10H2,2H3/t11-/m1/s1. The number of hydrogen-bond donors (Lipinski definition) is 1. The molecule has 0 radical (unpaired) electrons. The van der Waals surface area contributed by atoms with Crippen molar-refractivity contribution in [2.24, 2.45) is 0 Å². The summed E-state index contributed by atoms with van der Waals surface area (Å²) >= 11 is 0. The van der Waals surface area contributed by atoms with Gasteiger partial charge in [0.15, 0.2) is 0 Å². The maximum absolute atomic E-state index is 3.68. The van der Waals surface area contributed by atoms with Gasteiger partial charge in [-0.25, -0.2) is 0 Å². The molecule has 13 heavy (non-hydrogen) atoms. The molecule has 0 aliphatic heterocycles. The van der Waals surface area contributed by atoms with Crippen LogP contribution in [0.25, 0.3) is 0 Å². The van der Waals surface area contributed by atoms with Gasteiger partial charge < -0.3 is 5.32 Å². The van der Waals surface area contributed by atoms with Gasteiger partial charge in [-0.2, -0.15) is 0 Å². The molecule has 0 saturated carbocycles. The molecule has 1 atom stereocenters. The quantitative estimate of drug-likeness (QED) is 0.678. The summed E-state index contributed by atoms with van der Waals surface area (Å²) in [6.07, 6.45) is 2.97. The zero-order chi connectivity index (χ0) is 9.52. The Morgan fingerprint density at radius 2 is 2.08 bits per heavy atom. The van der Waals surface area contributed by atoms with Crippen molar-refractivity contribution in [1.29, 1.82) is 0 Å². The fourth-order valence-electron chi connectivity index (χ4n) is 1.32. The summed E-state index contributed by atoms with van der Waals surface area (Å²) in [5.41, 5.74) is 1.38. The Kier molecular flexibility index (Phi) is 4.27. The average molecular weight is 175 g/mol. The Bertz CT molecular complexity index is 241. The van der Waals surface area contributed by atoms with Crippen LogP contribution in [0.15, 0.2) is 43.0 Å². The molecule has 0 heterocycles. The highest BCUT2D eigenvalue weighted by Gasteiger charge is 1.99. The first-order valence-electron chi connectivity index (χ1n) is 4.71. The molecule has 0 aromatic heterocycles. The summed E-state index contributed by atoms with van der Waals surface area (Å²) in [4.78, 5) is 0. The Morgan fingerprint density at radius 3 is 2.69 bits per heavy atom. The molecule has 0 saturated heterocycles. The molecule has 1 rings (SSSR count). The summed E-state index contributed by atoms with van der Waals surface area (Å²) in [6.45, 7) is 6.75. The molecule has 0 aliphatic carbocycles. The molecule has 0 unspecified atom stereocenters. The topological polar surface area (TPSA) is 12.0 Å². The van der Waals surface area contributed by atoms with Crippen LogP contribution in [-0.4, -0.2) is 12.6 Å². The van der Waals surface area contributed by atoms with E-state index in [4.69, 9.17) is 0 Å². The van der Waals surface area contributed by atoms with Gasteiger partial charge in [0.05, 0.1) is 0 Å². The van der Waals surface area contributed by atoms with Gasteiger partial charge in [-0.15, -0.1) is 6.58 Å². The second kappa shape index (κ2) is 5.55. The lowest BCUT2D eigenvalue weighted by atomic mass is 10.1. The van der Waals surface area contributed by atoms with E-state index >= 15 is 0 Å². The van der Waals surface area contributed by atoms with Crippen LogP contribution >= 0.6 is 0 Å². The van der Waals surface area contributed by atoms with Gasteiger partial charge in [0.1, 0.15) is 0 Å². The van der Waals surface area contributed by atoms with Gasteiger partial charge in [-0.1, -0.05) is 36.4 Å². The molecule has 0 amide bonds. The van der Waals surface area contributed by atoms with Crippen molar-refractivity contribution in [3.8, 4) is 0 Å². The Morgan fingerprint density at radius 1 is 1.38 bits per heavy atom. The first-order valence-corrected chi connectivity index (χ1v) is 4.71. The molecule has 0 fully saturated rings. The van der Waals surface area contributed by atoms with E-state index in [0.29, 0.717) is 6.04 Å². The van der Waals surface area contributed by atoms with E-state index in [9.17, 15) is 0 Å². The van der Waals surface area contributed by atoms with E-state index in [0.717, 1.165) is 13.0 Å². The van der Waals surface area contributed by atoms with Gasteiger partial charge in [0.25, 0.3) is 0 Å². The van der Waals surface area contributed by atoms with Crippen molar-refractivity contribution in [3.05, 3.63) is 48.6 Å². The van der Waals surface area contributed by atoms with Crippen molar-refractivity contribution >= 4 is 0 Å². The number of nitrogens with one attached hydrogen (secondary N) is 1. The molecular formula is C12H17N. The first kappa shape index (κ1) is 10.0. The predicted octanol–water partition coefficient (Wildman–Crippen LogP) is 2.39. The Balaban J connectivity index is 2.36. The highest BCUT2D eigenvalue weighted by atomic mass is 14.9. The van der Waals surface area contributed by atoms with Crippen LogP contribution in [0.4, 0.5) is 0 Å². The SMILES string of the molecule is C=CCN[C@H](C)Cc1ccccc1. The molecule has 1 nitrogen and oxygen atoms in total. The maximum Gasteiger partial charge on any atom is 0.0134 e. The molecule has 0 aliphatic rings. The second-order valence-corrected chi connectivity index (χ2v) is 3.29. The summed E-state index contributed by atoms with van der Waals surface area (Å²) < 4.78 is 0. The molecular weight excluding hydrogens is 158 g/mol. The molecule has 1 N–H and O–H groups in total. The molecule has 1 heteroatoms. The van der Waals surface area contributed by atoms with Crippen LogP contribution in [0.5, 0.6) is 0 Å². The van der Waals surface area contributed by atoms with Crippen molar-refractivity contribution in [1.82, 2.24) is 5.32 Å². The smallest absolute Gasteiger partial charge is 0.0134 e. The molecule has 1 aromatic carbocycles. The third-order valence-electron chi connectivity index (χ3n) is 2.00. The summed E-state index contributed by atoms with van der Waals surface area (Å²) in [5.74, 6) is 0. The average Bonchev–Trinajstić information content (AvgIpc) is 2.16. The van der Waals surface area contributed by atoms with E-state index in [1.54, 1.807) is 0 Å². The van der Waals surface area contributed by atoms with Crippen LogP contribution in [-0.2, 0) is 6.42 Å². The minimum absolute atomic E-state index is 0.514. The van der Waals surface area contributed by atoms with Gasteiger partial charge in [0.2, 0.25) is 0 Å². The molecule has 0 spiro atoms. The van der Waals surface area contributed by atoms with Gasteiger partial charge >= 0.3 is 0 Å². The van der Waals surface area contributed by atoms with Crippen molar-refractivity contribution < 1.29 is 0 Å². The van der Waals surface area contributed by atoms with Crippen LogP contribution < -0.4 is 5.32 Å². The molecule has 70 valence electrons. The fourth-order valence-corrected chi connectivity index (χ4v) is 1.32. The van der Waals surface area contributed by atoms with Gasteiger partial charge in [-0.05, 0) is 18.9 Å². The van der Waals surface area contributed by atoms with Gasteiger partial charge in [0, 0.05) is 12.6 Å². The fraction of sp³-hybridized carbons (Fsp3) is 0.333. The minimum Gasteiger partial charge on any atom is -0.310 e. The van der Waals surface area contributed by atoms with E-state index < -0.39 is 0 Å². The summed E-state index contributed by atoms with van der Waals surface area (Å²) in [5, 5.41) is 3.36. The van der Waals surface area contributed by atoms with Crippen LogP contribution in [0.2, 0.25) is 0 Å². The van der Waals surface area contributed by atoms with Crippen LogP contribution in [0.1, 0.15) is 12.5 Å². The Hall–Kier alpha value is -1.08. The minimum atomic E-state index is 0.514. The zero-order valence-electron chi connectivity index (χ0n) is 8.16. The second-order valence-electron chi connectivity index (χ2n) is 3.29. The van der Waals surface area contributed by atoms with Crippen LogP contribution in [0, 0.1) is 0 Å². The number of benzene rings is 1. The molecule has 0 bridgehead atoms. The zero-order valence-corrected chi connectivity index (χ0v) is 8.16. The highest BCUT2D eigenvalue weighted by molar-refractivity contribution is 5.15. The van der Waals surface area contributed by atoms with E-state index in [1.807, 2.05) is 12.1 Å². The summed E-state index contributed by atoms with van der Waals surface area (Å²) in [6, 6.07) is 11.0. The normalized spacial score (nSPS) is 12.4. The predicted molar refractivity (Wildman–Crippen MR) is 57.8 cm³/mol. The summed E-state index contributed by atoms with van der Waals surface area (Å²) in [7, 11) is 0. The highest BCUT2D eigenvalue weighted by Crippen LogP contribution is 2.02. The largest absolute Gasteiger partial charge is 0.310 e. The van der Waals surface area contributed by atoms with E-state index in [-0.39, 0.29) is 0 Å². The van der Waals surface area contributed by atoms with Gasteiger partial charge in [-0.3, -0.25) is 0 Å². The lowest BCUT2D eigenvalue weighted by Gasteiger charge is -2.11. The van der Waals surface area contributed by atoms with Crippen molar-refractivity contribution in [3.63, 3.8) is 0 Å². The maximum atomic E-state index is 3.68. The monoisotopic (exact) mass is 175 g/mol. The number of rotatable bonds is 5. The van der Waals surface area contributed by atoms with Crippen LogP contribution in [0.3, 0.4) is 0 Å². The molecule has 1 aromatic rings. The third-order valence-corrected chi connectivity index (χ3v) is 2.00. The van der Waals surface area contributed by atoms with E-state index in [2.05, 4.69) is 43.1 Å². The Labute approximate surface area is 80.5 Å². The number of hydrogen-bond acceptors (Lipinski definition) is 1. The lowest BCUT2D eigenvalue weighted by molar-refractivity contribution is 0.581. The first-order chi connectivity index (χ1) is 6.33.